The highest BCUT2D eigenvalue weighted by atomic mass is 19.4. The van der Waals surface area contributed by atoms with Crippen LogP contribution in [0.5, 0.6) is 0 Å². The van der Waals surface area contributed by atoms with Gasteiger partial charge in [-0.2, -0.15) is 13.2 Å². The molecule has 7 heteroatoms. The van der Waals surface area contributed by atoms with E-state index in [1.54, 1.807) is 31.2 Å². The molecular formula is C13H14F3N3O. The molecule has 0 radical (unpaired) electrons. The van der Waals surface area contributed by atoms with Gasteiger partial charge in [-0.25, -0.2) is 0 Å². The fraction of sp³-hybridized carbons (Fsp3) is 0.231. The van der Waals surface area contributed by atoms with Crippen molar-refractivity contribution in [3.8, 4) is 0 Å². The molecular weight excluding hydrogens is 271 g/mol. The number of halogens is 3. The number of allylic oxidation sites excluding steroid dienone is 1. The molecule has 3 N–H and O–H groups in total. The van der Waals surface area contributed by atoms with E-state index in [0.29, 0.717) is 5.69 Å². The van der Waals surface area contributed by atoms with Crippen molar-refractivity contribution in [2.45, 2.75) is 13.1 Å². The topological polar surface area (TPSA) is 67.5 Å². The average Bonchev–Trinajstić information content (AvgIpc) is 2.36. The van der Waals surface area contributed by atoms with Crippen LogP contribution in [0.1, 0.15) is 5.56 Å². The molecule has 4 nitrogen and oxygen atoms in total. The molecule has 1 aromatic rings. The van der Waals surface area contributed by atoms with Crippen LogP contribution < -0.4 is 11.1 Å². The zero-order valence-electron chi connectivity index (χ0n) is 11.0. The lowest BCUT2D eigenvalue weighted by Gasteiger charge is -2.12. The van der Waals surface area contributed by atoms with Gasteiger partial charge in [0, 0.05) is 18.9 Å². The highest BCUT2D eigenvalue weighted by Crippen LogP contribution is 2.24. The molecule has 0 fully saturated rings. The predicted octanol–water partition coefficient (Wildman–Crippen LogP) is 2.41. The Morgan fingerprint density at radius 2 is 1.95 bits per heavy atom. The summed E-state index contributed by atoms with van der Waals surface area (Å²) in [7, 11) is 1.25. The minimum absolute atomic E-state index is 0.412. The number of para-hydroxylation sites is 1. The first-order chi connectivity index (χ1) is 9.27. The third-order valence-electron chi connectivity index (χ3n) is 2.49. The highest BCUT2D eigenvalue weighted by molar-refractivity contribution is 6.18. The first-order valence-electron chi connectivity index (χ1n) is 5.63. The van der Waals surface area contributed by atoms with E-state index in [1.165, 1.54) is 7.05 Å². The van der Waals surface area contributed by atoms with Crippen molar-refractivity contribution >= 4 is 17.8 Å². The molecule has 0 unspecified atom stereocenters. The van der Waals surface area contributed by atoms with Gasteiger partial charge in [0.25, 0.3) is 5.91 Å². The van der Waals surface area contributed by atoms with Crippen molar-refractivity contribution in [3.63, 3.8) is 0 Å². The maximum absolute atomic E-state index is 12.6. The van der Waals surface area contributed by atoms with Crippen LogP contribution in [-0.2, 0) is 4.79 Å². The molecule has 1 aromatic carbocycles. The fourth-order valence-corrected chi connectivity index (χ4v) is 1.44. The summed E-state index contributed by atoms with van der Waals surface area (Å²) in [6, 6.07) is 6.71. The van der Waals surface area contributed by atoms with Gasteiger partial charge in [-0.15, -0.1) is 0 Å². The Labute approximate surface area is 114 Å². The van der Waals surface area contributed by atoms with Crippen molar-refractivity contribution in [1.29, 1.82) is 0 Å². The number of nitrogens with one attached hydrogen (secondary N) is 1. The van der Waals surface area contributed by atoms with E-state index in [1.807, 2.05) is 0 Å². The van der Waals surface area contributed by atoms with Gasteiger partial charge in [-0.1, -0.05) is 18.2 Å². The van der Waals surface area contributed by atoms with E-state index in [2.05, 4.69) is 10.3 Å². The second kappa shape index (κ2) is 6.23. The summed E-state index contributed by atoms with van der Waals surface area (Å²) in [6.07, 6.45) is -4.00. The summed E-state index contributed by atoms with van der Waals surface area (Å²) in [5.74, 6) is -0.959. The Morgan fingerprint density at radius 1 is 1.35 bits per heavy atom. The van der Waals surface area contributed by atoms with Gasteiger partial charge < -0.3 is 11.1 Å². The largest absolute Gasteiger partial charge is 0.431 e. The molecule has 0 saturated carbocycles. The number of nitrogens with zero attached hydrogens (tertiary/aromatic N) is 1. The number of benzene rings is 1. The van der Waals surface area contributed by atoms with Crippen LogP contribution in [0.25, 0.3) is 0 Å². The molecule has 1 amide bonds. The van der Waals surface area contributed by atoms with E-state index in [0.717, 1.165) is 11.8 Å². The summed E-state index contributed by atoms with van der Waals surface area (Å²) in [4.78, 5) is 15.3. The average molecular weight is 285 g/mol. The molecule has 0 aliphatic rings. The van der Waals surface area contributed by atoms with Crippen molar-refractivity contribution in [1.82, 2.24) is 0 Å². The van der Waals surface area contributed by atoms with Crippen LogP contribution in [0.4, 0.5) is 18.9 Å². The van der Waals surface area contributed by atoms with Crippen LogP contribution in [0.3, 0.4) is 0 Å². The van der Waals surface area contributed by atoms with Crippen LogP contribution >= 0.6 is 0 Å². The van der Waals surface area contributed by atoms with Crippen LogP contribution in [-0.4, -0.2) is 25.3 Å². The summed E-state index contributed by atoms with van der Waals surface area (Å²) >= 11 is 0. The van der Waals surface area contributed by atoms with Gasteiger partial charge in [-0.05, 0) is 18.6 Å². The quantitative estimate of drug-likeness (QED) is 0.661. The Hall–Kier alpha value is -2.31. The van der Waals surface area contributed by atoms with Crippen molar-refractivity contribution < 1.29 is 18.0 Å². The van der Waals surface area contributed by atoms with Crippen LogP contribution in [0.15, 0.2) is 40.5 Å². The van der Waals surface area contributed by atoms with Crippen LogP contribution in [0.2, 0.25) is 0 Å². The predicted molar refractivity (Wildman–Crippen MR) is 71.5 cm³/mol. The molecule has 0 saturated heterocycles. The molecule has 1 rings (SSSR count). The molecule has 0 aromatic heterocycles. The Kier molecular flexibility index (Phi) is 4.90. The van der Waals surface area contributed by atoms with Crippen molar-refractivity contribution in [3.05, 3.63) is 41.1 Å². The van der Waals surface area contributed by atoms with Gasteiger partial charge in [0.05, 0.1) is 5.57 Å². The standard InChI is InChI=1S/C13H14F3N3O/c1-8-5-3-4-6-10(8)19-12(20)9(7-18-2)11(17)13(14,15)16/h3-7H,17H2,1-2H3,(H,19,20). The number of aryl methyl sites for hydroxylation is 1. The van der Waals surface area contributed by atoms with Crippen molar-refractivity contribution in [2.75, 3.05) is 12.4 Å². The lowest BCUT2D eigenvalue weighted by Crippen LogP contribution is -2.28. The number of anilines is 1. The van der Waals surface area contributed by atoms with E-state index in [9.17, 15) is 18.0 Å². The van der Waals surface area contributed by atoms with Gasteiger partial charge >= 0.3 is 6.18 Å². The summed E-state index contributed by atoms with van der Waals surface area (Å²) in [5, 5.41) is 2.38. The number of aliphatic imine (C=N–C) groups is 1. The van der Waals surface area contributed by atoms with Gasteiger partial charge in [-0.3, -0.25) is 9.79 Å². The van der Waals surface area contributed by atoms with Gasteiger partial charge in [0.1, 0.15) is 5.70 Å². The maximum Gasteiger partial charge on any atom is 0.431 e. The molecule has 0 aliphatic heterocycles. The van der Waals surface area contributed by atoms with E-state index in [-0.39, 0.29) is 0 Å². The Bertz CT molecular complexity index is 562. The number of hydrogen-bond donors (Lipinski definition) is 2. The first kappa shape index (κ1) is 15.7. The second-order valence-electron chi connectivity index (χ2n) is 3.98. The third-order valence-corrected chi connectivity index (χ3v) is 2.49. The number of alkyl halides is 3. The summed E-state index contributed by atoms with van der Waals surface area (Å²) in [6.45, 7) is 1.72. The Morgan fingerprint density at radius 3 is 2.45 bits per heavy atom. The molecule has 0 atom stereocenters. The fourth-order valence-electron chi connectivity index (χ4n) is 1.44. The number of hydrogen-bond acceptors (Lipinski definition) is 3. The minimum Gasteiger partial charge on any atom is -0.394 e. The minimum atomic E-state index is -4.79. The molecule has 0 heterocycles. The number of nitrogens with two attached hydrogens (primary N) is 1. The molecule has 0 aliphatic carbocycles. The Balaban J connectivity index is 3.12. The third kappa shape index (κ3) is 3.84. The van der Waals surface area contributed by atoms with E-state index >= 15 is 0 Å². The monoisotopic (exact) mass is 285 g/mol. The second-order valence-corrected chi connectivity index (χ2v) is 3.98. The highest BCUT2D eigenvalue weighted by Gasteiger charge is 2.35. The molecule has 0 bridgehead atoms. The summed E-state index contributed by atoms with van der Waals surface area (Å²) < 4.78 is 37.7. The van der Waals surface area contributed by atoms with Crippen molar-refractivity contribution in [2.24, 2.45) is 10.7 Å². The zero-order chi connectivity index (χ0) is 15.3. The first-order valence-corrected chi connectivity index (χ1v) is 5.63. The number of carbonyl (C=O) groups is 1. The zero-order valence-corrected chi connectivity index (χ0v) is 11.0. The van der Waals surface area contributed by atoms with E-state index in [4.69, 9.17) is 5.73 Å². The molecule has 0 spiro atoms. The van der Waals surface area contributed by atoms with Gasteiger partial charge in [0.15, 0.2) is 0 Å². The number of rotatable bonds is 3. The molecule has 108 valence electrons. The van der Waals surface area contributed by atoms with E-state index < -0.39 is 23.4 Å². The van der Waals surface area contributed by atoms with Gasteiger partial charge in [0.2, 0.25) is 0 Å². The number of carbonyl (C=O) groups excluding carboxylic acids is 1. The maximum atomic E-state index is 12.6. The summed E-state index contributed by atoms with van der Waals surface area (Å²) in [5.41, 5.74) is 3.91. The normalized spacial score (nSPS) is 13.2. The molecule has 20 heavy (non-hydrogen) atoms. The number of amides is 1. The smallest absolute Gasteiger partial charge is 0.394 e. The lowest BCUT2D eigenvalue weighted by molar-refractivity contribution is -0.114. The SMILES string of the molecule is CN=CC(C(=O)Nc1ccccc1C)=C(N)C(F)(F)F. The lowest BCUT2D eigenvalue weighted by atomic mass is 10.1. The van der Waals surface area contributed by atoms with Crippen LogP contribution in [0, 0.1) is 6.92 Å².